The molecule has 10 heteroatoms. The van der Waals surface area contributed by atoms with Gasteiger partial charge in [0, 0.05) is 43.0 Å². The summed E-state index contributed by atoms with van der Waals surface area (Å²) in [5.41, 5.74) is 6.50. The number of piperidine rings is 1. The number of aryl methyl sites for hydroxylation is 1. The van der Waals surface area contributed by atoms with Gasteiger partial charge in [-0.3, -0.25) is 4.79 Å². The zero-order chi connectivity index (χ0) is 22.2. The normalized spacial score (nSPS) is 18.6. The summed E-state index contributed by atoms with van der Waals surface area (Å²) in [5.74, 6) is 0.993. The molecule has 0 radical (unpaired) electrons. The largest absolute Gasteiger partial charge is 0.418 e. The molecule has 1 aromatic heterocycles. The maximum atomic E-state index is 13.2. The first-order valence-corrected chi connectivity index (χ1v) is 10.4. The number of hydrogen-bond acceptors (Lipinski definition) is 6. The molecule has 0 unspecified atom stereocenters. The molecule has 1 aliphatic carbocycles. The van der Waals surface area contributed by atoms with E-state index in [0.717, 1.165) is 61.8 Å². The minimum absolute atomic E-state index is 0.0427. The van der Waals surface area contributed by atoms with E-state index in [0.29, 0.717) is 6.54 Å². The summed E-state index contributed by atoms with van der Waals surface area (Å²) in [6.45, 7) is 2.95. The van der Waals surface area contributed by atoms with Crippen LogP contribution in [0.5, 0.6) is 0 Å². The fraction of sp³-hybridized carbons (Fsp3) is 0.476. The monoisotopic (exact) mass is 434 g/mol. The highest BCUT2D eigenvalue weighted by Gasteiger charge is 2.33. The van der Waals surface area contributed by atoms with Gasteiger partial charge >= 0.3 is 6.18 Å². The van der Waals surface area contributed by atoms with Gasteiger partial charge < -0.3 is 21.3 Å². The smallest absolute Gasteiger partial charge is 0.398 e. The summed E-state index contributed by atoms with van der Waals surface area (Å²) in [6, 6.07) is 3.72. The van der Waals surface area contributed by atoms with Gasteiger partial charge in [0.05, 0.1) is 11.3 Å². The van der Waals surface area contributed by atoms with Crippen molar-refractivity contribution < 1.29 is 18.0 Å². The molecule has 0 bridgehead atoms. The Bertz CT molecular complexity index is 994. The number of hydrogen-bond donors (Lipinski definition) is 3. The third kappa shape index (κ3) is 4.67. The minimum Gasteiger partial charge on any atom is -0.398 e. The number of carbonyl (C=O) groups excluding carboxylic acids is 1. The number of halogens is 3. The SMILES string of the molecule is CC(=O)N[C@@H]1CCCN(c2nc(Nc3ccc(N)c(C(F)(F)F)c3)nc3c2CCC3)C1. The molecule has 2 heterocycles. The number of aromatic nitrogens is 2. The van der Waals surface area contributed by atoms with Crippen LogP contribution >= 0.6 is 0 Å². The van der Waals surface area contributed by atoms with E-state index in [-0.39, 0.29) is 29.3 Å². The first-order valence-electron chi connectivity index (χ1n) is 10.4. The fourth-order valence-electron chi connectivity index (χ4n) is 4.31. The Kier molecular flexibility index (Phi) is 5.63. The van der Waals surface area contributed by atoms with Crippen LogP contribution in [0, 0.1) is 0 Å². The first kappa shape index (κ1) is 21.2. The molecule has 2 aliphatic rings. The average molecular weight is 434 g/mol. The Morgan fingerprint density at radius 3 is 2.77 bits per heavy atom. The van der Waals surface area contributed by atoms with Crippen molar-refractivity contribution in [3.63, 3.8) is 0 Å². The Labute approximate surface area is 178 Å². The summed E-state index contributed by atoms with van der Waals surface area (Å²) in [5, 5.41) is 5.89. The Morgan fingerprint density at radius 1 is 1.23 bits per heavy atom. The van der Waals surface area contributed by atoms with Crippen LogP contribution in [-0.4, -0.2) is 35.0 Å². The van der Waals surface area contributed by atoms with Crippen molar-refractivity contribution in [1.82, 2.24) is 15.3 Å². The van der Waals surface area contributed by atoms with Gasteiger partial charge in [-0.2, -0.15) is 18.2 Å². The van der Waals surface area contributed by atoms with Gasteiger partial charge in [-0.25, -0.2) is 4.98 Å². The van der Waals surface area contributed by atoms with Crippen LogP contribution in [0.4, 0.5) is 36.3 Å². The predicted octanol–water partition coefficient (Wildman–Crippen LogP) is 3.41. The number of nitrogens with one attached hydrogen (secondary N) is 2. The number of alkyl halides is 3. The first-order chi connectivity index (χ1) is 14.7. The van der Waals surface area contributed by atoms with Crippen LogP contribution in [0.25, 0.3) is 0 Å². The van der Waals surface area contributed by atoms with Gasteiger partial charge in [-0.1, -0.05) is 0 Å². The molecule has 4 rings (SSSR count). The molecule has 0 spiro atoms. The topological polar surface area (TPSA) is 96.2 Å². The number of fused-ring (bicyclic) bond motifs is 1. The van der Waals surface area contributed by atoms with Crippen LogP contribution in [0.1, 0.15) is 43.0 Å². The summed E-state index contributed by atoms with van der Waals surface area (Å²) in [4.78, 5) is 22.8. The quantitative estimate of drug-likeness (QED) is 0.639. The van der Waals surface area contributed by atoms with Crippen LogP contribution in [0.3, 0.4) is 0 Å². The maximum Gasteiger partial charge on any atom is 0.418 e. The zero-order valence-corrected chi connectivity index (χ0v) is 17.2. The number of nitrogens with two attached hydrogens (primary N) is 1. The lowest BCUT2D eigenvalue weighted by atomic mass is 10.0. The van der Waals surface area contributed by atoms with Gasteiger partial charge in [-0.15, -0.1) is 0 Å². The number of anilines is 4. The average Bonchev–Trinajstić information content (AvgIpc) is 3.16. The van der Waals surface area contributed by atoms with Gasteiger partial charge in [-0.05, 0) is 50.3 Å². The second-order valence-corrected chi connectivity index (χ2v) is 8.06. The molecule has 31 heavy (non-hydrogen) atoms. The molecule has 1 amide bonds. The number of nitrogens with zero attached hydrogens (tertiary/aromatic N) is 3. The van der Waals surface area contributed by atoms with Crippen molar-refractivity contribution in [3.8, 4) is 0 Å². The number of nitrogen functional groups attached to an aromatic ring is 1. The van der Waals surface area contributed by atoms with Crippen LogP contribution < -0.4 is 21.3 Å². The van der Waals surface area contributed by atoms with E-state index in [1.807, 2.05) is 0 Å². The Hall–Kier alpha value is -3.04. The van der Waals surface area contributed by atoms with Gasteiger partial charge in [0.15, 0.2) is 0 Å². The maximum absolute atomic E-state index is 13.2. The standard InChI is InChI=1S/C21H25F3N6O/c1-12(31)26-14-4-3-9-30(11-14)19-15-5-2-6-18(15)28-20(29-19)27-13-7-8-17(25)16(10-13)21(22,23)24/h7-8,10,14H,2-6,9,11,25H2,1H3,(H,26,31)(H,27,28,29)/t14-/m1/s1. The molecule has 0 saturated carbocycles. The van der Waals surface area contributed by atoms with Gasteiger partial charge in [0.25, 0.3) is 0 Å². The van der Waals surface area contributed by atoms with E-state index in [1.54, 1.807) is 0 Å². The molecule has 7 nitrogen and oxygen atoms in total. The van der Waals surface area contributed by atoms with Crippen molar-refractivity contribution in [2.24, 2.45) is 0 Å². The highest BCUT2D eigenvalue weighted by atomic mass is 19.4. The van der Waals surface area contributed by atoms with E-state index in [9.17, 15) is 18.0 Å². The lowest BCUT2D eigenvalue weighted by molar-refractivity contribution is -0.136. The molecular weight excluding hydrogens is 409 g/mol. The summed E-state index contributed by atoms with van der Waals surface area (Å²) in [7, 11) is 0. The van der Waals surface area contributed by atoms with Crippen LogP contribution in [0.15, 0.2) is 18.2 Å². The number of benzene rings is 1. The van der Waals surface area contributed by atoms with Crippen molar-refractivity contribution in [2.75, 3.05) is 29.0 Å². The lowest BCUT2D eigenvalue weighted by Gasteiger charge is -2.35. The number of carbonyl (C=O) groups is 1. The second-order valence-electron chi connectivity index (χ2n) is 8.06. The molecule has 1 aromatic carbocycles. The lowest BCUT2D eigenvalue weighted by Crippen LogP contribution is -2.47. The molecule has 1 saturated heterocycles. The number of rotatable bonds is 4. The molecule has 1 fully saturated rings. The van der Waals surface area contributed by atoms with Crippen molar-refractivity contribution in [1.29, 1.82) is 0 Å². The van der Waals surface area contributed by atoms with E-state index >= 15 is 0 Å². The fourth-order valence-corrected chi connectivity index (χ4v) is 4.31. The highest BCUT2D eigenvalue weighted by Crippen LogP contribution is 2.36. The van der Waals surface area contributed by atoms with Crippen molar-refractivity contribution in [3.05, 3.63) is 35.0 Å². The molecule has 166 valence electrons. The summed E-state index contributed by atoms with van der Waals surface area (Å²) < 4.78 is 39.6. The van der Waals surface area contributed by atoms with Gasteiger partial charge in [0.2, 0.25) is 11.9 Å². The molecule has 4 N–H and O–H groups in total. The number of amides is 1. The third-order valence-corrected chi connectivity index (χ3v) is 5.65. The molecule has 2 aromatic rings. The third-order valence-electron chi connectivity index (χ3n) is 5.65. The van der Waals surface area contributed by atoms with Crippen molar-refractivity contribution >= 4 is 29.0 Å². The second kappa shape index (κ2) is 8.24. The Morgan fingerprint density at radius 2 is 2.03 bits per heavy atom. The predicted molar refractivity (Wildman–Crippen MR) is 112 cm³/mol. The van der Waals surface area contributed by atoms with Crippen LogP contribution in [-0.2, 0) is 23.8 Å². The van der Waals surface area contributed by atoms with E-state index in [1.165, 1.54) is 19.1 Å². The Balaban J connectivity index is 1.63. The van der Waals surface area contributed by atoms with E-state index < -0.39 is 11.7 Å². The van der Waals surface area contributed by atoms with Gasteiger partial charge in [0.1, 0.15) is 5.82 Å². The highest BCUT2D eigenvalue weighted by molar-refractivity contribution is 5.73. The van der Waals surface area contributed by atoms with E-state index in [2.05, 4.69) is 25.5 Å². The van der Waals surface area contributed by atoms with Crippen molar-refractivity contribution in [2.45, 2.75) is 51.2 Å². The molecule has 1 aliphatic heterocycles. The summed E-state index contributed by atoms with van der Waals surface area (Å²) in [6.07, 6.45) is -0.0916. The zero-order valence-electron chi connectivity index (χ0n) is 17.2. The molecule has 1 atom stereocenters. The molecular formula is C21H25F3N6O. The van der Waals surface area contributed by atoms with Crippen LogP contribution in [0.2, 0.25) is 0 Å². The van der Waals surface area contributed by atoms with E-state index in [4.69, 9.17) is 5.73 Å². The summed E-state index contributed by atoms with van der Waals surface area (Å²) >= 11 is 0. The minimum atomic E-state index is -4.54.